The number of rotatable bonds is 2. The van der Waals surface area contributed by atoms with Crippen molar-refractivity contribution < 1.29 is 8.78 Å². The van der Waals surface area contributed by atoms with Crippen molar-refractivity contribution in [3.05, 3.63) is 62.0 Å². The first-order chi connectivity index (χ1) is 12.6. The number of hydrogen-bond acceptors (Lipinski definition) is 4. The number of fused-ring (bicyclic) bond motifs is 3. The molecular formula is C19H13F2N3OS. The van der Waals surface area contributed by atoms with Crippen LogP contribution in [0.15, 0.2) is 23.0 Å². The summed E-state index contributed by atoms with van der Waals surface area (Å²) in [6, 6.07) is 5.02. The van der Waals surface area contributed by atoms with Gasteiger partial charge in [-0.1, -0.05) is 0 Å². The van der Waals surface area contributed by atoms with Crippen LogP contribution in [0.5, 0.6) is 0 Å². The number of H-pyrrole nitrogens is 1. The molecule has 0 saturated carbocycles. The summed E-state index contributed by atoms with van der Waals surface area (Å²) in [5, 5.41) is 10.0. The molecule has 1 aliphatic carbocycles. The van der Waals surface area contributed by atoms with Crippen LogP contribution in [0, 0.1) is 23.0 Å². The zero-order valence-corrected chi connectivity index (χ0v) is 14.4. The van der Waals surface area contributed by atoms with Gasteiger partial charge in [0.15, 0.2) is 5.82 Å². The molecule has 0 saturated heterocycles. The summed E-state index contributed by atoms with van der Waals surface area (Å²) >= 11 is 1.48. The van der Waals surface area contributed by atoms with Crippen LogP contribution in [-0.4, -0.2) is 9.97 Å². The zero-order valence-electron chi connectivity index (χ0n) is 13.6. The predicted molar refractivity (Wildman–Crippen MR) is 96.7 cm³/mol. The number of thiophene rings is 1. The quantitative estimate of drug-likeness (QED) is 0.688. The summed E-state index contributed by atoms with van der Waals surface area (Å²) < 4.78 is 26.9. The highest BCUT2D eigenvalue weighted by molar-refractivity contribution is 7.18. The van der Waals surface area contributed by atoms with E-state index in [1.54, 1.807) is 0 Å². The number of aromatic nitrogens is 2. The highest BCUT2D eigenvalue weighted by Crippen LogP contribution is 2.34. The number of allylic oxidation sites excluding steroid dienone is 1. The normalized spacial score (nSPS) is 14.3. The molecule has 1 aliphatic rings. The number of benzene rings is 1. The maximum absolute atomic E-state index is 13.9. The van der Waals surface area contributed by atoms with E-state index < -0.39 is 11.6 Å². The molecule has 2 aromatic heterocycles. The van der Waals surface area contributed by atoms with Gasteiger partial charge >= 0.3 is 0 Å². The molecule has 4 nitrogen and oxygen atoms in total. The van der Waals surface area contributed by atoms with Crippen molar-refractivity contribution in [2.75, 3.05) is 0 Å². The number of nitrogens with one attached hydrogen (secondary N) is 1. The summed E-state index contributed by atoms with van der Waals surface area (Å²) in [5.74, 6) is -1.39. The minimum atomic E-state index is -0.784. The summed E-state index contributed by atoms with van der Waals surface area (Å²) in [7, 11) is 0. The van der Waals surface area contributed by atoms with Crippen LogP contribution in [0.2, 0.25) is 0 Å². The lowest BCUT2D eigenvalue weighted by molar-refractivity contribution is 0.581. The maximum atomic E-state index is 13.9. The fourth-order valence-corrected chi connectivity index (χ4v) is 4.48. The Balaban J connectivity index is 1.86. The highest BCUT2D eigenvalue weighted by Gasteiger charge is 2.20. The summed E-state index contributed by atoms with van der Waals surface area (Å²) in [4.78, 5) is 21.4. The molecule has 3 aromatic rings. The topological polar surface area (TPSA) is 69.5 Å². The second kappa shape index (κ2) is 6.46. The average Bonchev–Trinajstić information content (AvgIpc) is 3.00. The Morgan fingerprint density at radius 3 is 2.88 bits per heavy atom. The molecule has 7 heteroatoms. The Morgan fingerprint density at radius 1 is 1.31 bits per heavy atom. The lowest BCUT2D eigenvalue weighted by Gasteiger charge is -2.09. The Morgan fingerprint density at radius 2 is 2.12 bits per heavy atom. The molecular weight excluding hydrogens is 356 g/mol. The Bertz CT molecular complexity index is 1150. The number of nitrogens with zero attached hydrogens (tertiary/aromatic N) is 2. The Kier molecular flexibility index (Phi) is 4.13. The lowest BCUT2D eigenvalue weighted by atomic mass is 9.97. The van der Waals surface area contributed by atoms with Gasteiger partial charge in [-0.15, -0.1) is 11.3 Å². The molecule has 0 unspecified atom stereocenters. The Hall–Kier alpha value is -2.85. The monoisotopic (exact) mass is 369 g/mol. The van der Waals surface area contributed by atoms with Crippen molar-refractivity contribution in [3.8, 4) is 6.07 Å². The van der Waals surface area contributed by atoms with Crippen molar-refractivity contribution in [1.82, 2.24) is 9.97 Å². The summed E-state index contributed by atoms with van der Waals surface area (Å²) in [5.41, 5.74) is 0.839. The highest BCUT2D eigenvalue weighted by atomic mass is 32.1. The molecule has 0 amide bonds. The number of aryl methyl sites for hydroxylation is 2. The number of aromatic amines is 1. The van der Waals surface area contributed by atoms with E-state index in [0.29, 0.717) is 10.2 Å². The molecule has 0 radical (unpaired) electrons. The number of halogens is 2. The minimum Gasteiger partial charge on any atom is -0.305 e. The molecule has 1 aromatic carbocycles. The molecule has 1 N–H and O–H groups in total. The van der Waals surface area contributed by atoms with E-state index in [0.717, 1.165) is 43.4 Å². The van der Waals surface area contributed by atoms with Crippen molar-refractivity contribution in [2.45, 2.75) is 25.7 Å². The van der Waals surface area contributed by atoms with Crippen LogP contribution in [-0.2, 0) is 12.8 Å². The molecule has 0 atom stereocenters. The van der Waals surface area contributed by atoms with Crippen molar-refractivity contribution in [3.63, 3.8) is 0 Å². The standard InChI is InChI=1S/C19H13F2N3OS/c20-12-6-5-10(14(21)8-12)7-11(9-22)17-23-18(25)16-13-3-1-2-4-15(13)26-19(16)24-17/h5-8H,1-4H2,(H,23,24,25)/b11-7+. The van der Waals surface area contributed by atoms with Crippen LogP contribution in [0.25, 0.3) is 21.9 Å². The minimum absolute atomic E-state index is 0.0147. The van der Waals surface area contributed by atoms with Crippen molar-refractivity contribution in [1.29, 1.82) is 5.26 Å². The second-order valence-corrected chi connectivity index (χ2v) is 7.22. The first-order valence-corrected chi connectivity index (χ1v) is 9.00. The average molecular weight is 369 g/mol. The first-order valence-electron chi connectivity index (χ1n) is 8.18. The third kappa shape index (κ3) is 2.82. The maximum Gasteiger partial charge on any atom is 0.260 e. The SMILES string of the molecule is N#C/C(=C\c1ccc(F)cc1F)c1nc2sc3c(c2c(=O)[nH]1)CCCC3. The second-order valence-electron chi connectivity index (χ2n) is 6.14. The van der Waals surface area contributed by atoms with Crippen molar-refractivity contribution >= 4 is 33.2 Å². The van der Waals surface area contributed by atoms with E-state index in [-0.39, 0.29) is 22.5 Å². The van der Waals surface area contributed by atoms with E-state index in [1.165, 1.54) is 28.4 Å². The Labute approximate surface area is 151 Å². The number of nitriles is 1. The van der Waals surface area contributed by atoms with Crippen LogP contribution >= 0.6 is 11.3 Å². The fraction of sp³-hybridized carbons (Fsp3) is 0.211. The van der Waals surface area contributed by atoms with Gasteiger partial charge in [0.25, 0.3) is 5.56 Å². The third-order valence-corrected chi connectivity index (χ3v) is 5.65. The number of hydrogen-bond donors (Lipinski definition) is 1. The predicted octanol–water partition coefficient (Wildman–Crippen LogP) is 4.21. The molecule has 4 rings (SSSR count). The summed E-state index contributed by atoms with van der Waals surface area (Å²) in [6.45, 7) is 0. The molecule has 0 bridgehead atoms. The van der Waals surface area contributed by atoms with E-state index in [2.05, 4.69) is 9.97 Å². The van der Waals surface area contributed by atoms with Crippen molar-refractivity contribution in [2.24, 2.45) is 0 Å². The van der Waals surface area contributed by atoms with Gasteiger partial charge in [-0.25, -0.2) is 13.8 Å². The third-order valence-electron chi connectivity index (χ3n) is 4.46. The van der Waals surface area contributed by atoms with Gasteiger partial charge in [-0.05, 0) is 49.5 Å². The van der Waals surface area contributed by atoms with E-state index >= 15 is 0 Å². The molecule has 0 spiro atoms. The largest absolute Gasteiger partial charge is 0.305 e. The lowest BCUT2D eigenvalue weighted by Crippen LogP contribution is -2.12. The summed E-state index contributed by atoms with van der Waals surface area (Å²) in [6.07, 6.45) is 5.20. The fourth-order valence-electron chi connectivity index (χ4n) is 3.22. The van der Waals surface area contributed by atoms with Gasteiger partial charge in [0.1, 0.15) is 22.5 Å². The van der Waals surface area contributed by atoms with Gasteiger partial charge in [0, 0.05) is 16.5 Å². The van der Waals surface area contributed by atoms with Crippen LogP contribution < -0.4 is 5.56 Å². The first kappa shape index (κ1) is 16.6. The van der Waals surface area contributed by atoms with E-state index in [4.69, 9.17) is 0 Å². The van der Waals surface area contributed by atoms with Gasteiger partial charge < -0.3 is 4.98 Å². The zero-order chi connectivity index (χ0) is 18.3. The van der Waals surface area contributed by atoms with E-state index in [9.17, 15) is 18.8 Å². The molecule has 2 heterocycles. The van der Waals surface area contributed by atoms with Gasteiger partial charge in [-0.3, -0.25) is 4.79 Å². The smallest absolute Gasteiger partial charge is 0.260 e. The van der Waals surface area contributed by atoms with Crippen LogP contribution in [0.4, 0.5) is 8.78 Å². The van der Waals surface area contributed by atoms with Gasteiger partial charge in [0.05, 0.1) is 11.0 Å². The molecule has 0 aliphatic heterocycles. The van der Waals surface area contributed by atoms with Gasteiger partial charge in [0.2, 0.25) is 0 Å². The van der Waals surface area contributed by atoms with E-state index in [1.807, 2.05) is 6.07 Å². The molecule has 26 heavy (non-hydrogen) atoms. The molecule has 130 valence electrons. The van der Waals surface area contributed by atoms with Gasteiger partial charge in [-0.2, -0.15) is 5.26 Å². The van der Waals surface area contributed by atoms with Crippen LogP contribution in [0.3, 0.4) is 0 Å². The molecule has 0 fully saturated rings. The van der Waals surface area contributed by atoms with Crippen LogP contribution in [0.1, 0.15) is 34.7 Å².